The van der Waals surface area contributed by atoms with Crippen LogP contribution in [0.5, 0.6) is 0 Å². The Kier molecular flexibility index (Phi) is 4.77. The van der Waals surface area contributed by atoms with Crippen LogP contribution in [0.15, 0.2) is 53.6 Å². The van der Waals surface area contributed by atoms with Crippen molar-refractivity contribution in [2.45, 2.75) is 11.8 Å². The van der Waals surface area contributed by atoms with Crippen LogP contribution in [0.25, 0.3) is 0 Å². The first kappa shape index (κ1) is 14.3. The van der Waals surface area contributed by atoms with Gasteiger partial charge < -0.3 is 0 Å². The van der Waals surface area contributed by atoms with E-state index in [2.05, 4.69) is 0 Å². The average molecular weight is 343 g/mol. The van der Waals surface area contributed by atoms with Crippen LogP contribution in [0.2, 0.25) is 0 Å². The van der Waals surface area contributed by atoms with Gasteiger partial charge in [0, 0.05) is 28.6 Å². The largest absolute Gasteiger partial charge is 0.270 e. The molecule has 0 aromatic heterocycles. The molecule has 0 saturated heterocycles. The Balaban J connectivity index is 0.00000144. The topological polar surface area (TPSA) is 37.4 Å². The van der Waals surface area contributed by atoms with Crippen molar-refractivity contribution in [3.63, 3.8) is 0 Å². The second-order valence-electron chi connectivity index (χ2n) is 3.66. The second kappa shape index (κ2) is 5.69. The minimum Gasteiger partial charge on any atom is -0.270 e. The maximum atomic E-state index is 12.1. The second-order valence-corrected chi connectivity index (χ2v) is 5.55. The van der Waals surface area contributed by atoms with Gasteiger partial charge in [0.25, 0.3) is 10.0 Å². The molecule has 3 nitrogen and oxygen atoms in total. The third-order valence-corrected chi connectivity index (χ3v) is 4.17. The summed E-state index contributed by atoms with van der Waals surface area (Å²) in [6, 6.07) is 6.88. The molecule has 0 N–H and O–H groups in total. The average Bonchev–Trinajstić information content (AvgIpc) is 2.31. The molecule has 0 spiro atoms. The molecule has 95 valence electrons. The monoisotopic (exact) mass is 342 g/mol. The summed E-state index contributed by atoms with van der Waals surface area (Å²) < 4.78 is 25.6. The molecule has 1 radical (unpaired) electrons. The molecule has 1 aromatic rings. The first-order chi connectivity index (χ1) is 7.60. The maximum absolute atomic E-state index is 12.1. The van der Waals surface area contributed by atoms with Gasteiger partial charge in [0.15, 0.2) is 0 Å². The molecule has 2 rings (SSSR count). The third-order valence-electron chi connectivity index (χ3n) is 2.41. The van der Waals surface area contributed by atoms with Crippen LogP contribution < -0.4 is 0 Å². The van der Waals surface area contributed by atoms with Gasteiger partial charge in [0.1, 0.15) is 0 Å². The van der Waals surface area contributed by atoms with Gasteiger partial charge in [-0.15, -0.1) is 0 Å². The molecule has 0 amide bonds. The summed E-state index contributed by atoms with van der Waals surface area (Å²) in [7, 11) is -3.38. The predicted octanol–water partition coefficient (Wildman–Crippen LogP) is 2.07. The van der Waals surface area contributed by atoms with Gasteiger partial charge >= 0.3 is 0 Å². The molecule has 1 aliphatic heterocycles. The minimum absolute atomic E-state index is 0. The Morgan fingerprint density at radius 2 is 1.76 bits per heavy atom. The van der Waals surface area contributed by atoms with E-state index in [4.69, 9.17) is 0 Å². The molecule has 1 heterocycles. The van der Waals surface area contributed by atoms with E-state index in [1.54, 1.807) is 36.5 Å². The summed E-state index contributed by atoms with van der Waals surface area (Å²) in [5, 5.41) is 0. The van der Waals surface area contributed by atoms with Crippen LogP contribution in [0, 0.1) is 6.92 Å². The van der Waals surface area contributed by atoms with E-state index in [0.29, 0.717) is 11.4 Å². The zero-order valence-corrected chi connectivity index (χ0v) is 11.6. The van der Waals surface area contributed by atoms with Crippen molar-refractivity contribution in [3.8, 4) is 0 Å². The molecule has 0 saturated carbocycles. The Hall–Kier alpha value is -0.810. The van der Waals surface area contributed by atoms with E-state index in [9.17, 15) is 8.42 Å². The number of sulfonamides is 1. The van der Waals surface area contributed by atoms with Crippen LogP contribution in [0.3, 0.4) is 0 Å². The van der Waals surface area contributed by atoms with Crippen molar-refractivity contribution in [2.75, 3.05) is 6.54 Å². The number of nitrogens with zero attached hydrogens (tertiary/aromatic N) is 1. The van der Waals surface area contributed by atoms with Crippen molar-refractivity contribution in [1.29, 1.82) is 0 Å². The SMILES string of the molecule is Cc1ccc(S(=O)(=O)N2C=CC=CC2)cc1.[Ag]. The molecule has 0 atom stereocenters. The summed E-state index contributed by atoms with van der Waals surface area (Å²) in [4.78, 5) is 0.332. The van der Waals surface area contributed by atoms with Crippen molar-refractivity contribution >= 4 is 10.0 Å². The van der Waals surface area contributed by atoms with Crippen molar-refractivity contribution < 1.29 is 30.8 Å². The Bertz CT molecular complexity index is 532. The van der Waals surface area contributed by atoms with E-state index in [1.807, 2.05) is 19.1 Å². The summed E-state index contributed by atoms with van der Waals surface area (Å²) in [5.41, 5.74) is 1.05. The molecule has 1 aromatic carbocycles. The summed E-state index contributed by atoms with van der Waals surface area (Å²) >= 11 is 0. The Morgan fingerprint density at radius 1 is 1.12 bits per heavy atom. The first-order valence-electron chi connectivity index (χ1n) is 5.02. The van der Waals surface area contributed by atoms with Crippen LogP contribution in [0.1, 0.15) is 5.56 Å². The Labute approximate surface area is 117 Å². The van der Waals surface area contributed by atoms with Gasteiger partial charge in [0.05, 0.1) is 11.4 Å². The van der Waals surface area contributed by atoms with Gasteiger partial charge in [-0.05, 0) is 25.1 Å². The fraction of sp³-hybridized carbons (Fsp3) is 0.167. The molecule has 0 unspecified atom stereocenters. The van der Waals surface area contributed by atoms with Crippen molar-refractivity contribution in [1.82, 2.24) is 4.31 Å². The molecular weight excluding hydrogens is 330 g/mol. The standard InChI is InChI=1S/C12H13NO2S.Ag/c1-11-5-7-12(8-6-11)16(14,15)13-9-3-2-4-10-13;/h2-9H,10H2,1H3;. The van der Waals surface area contributed by atoms with Crippen molar-refractivity contribution in [3.05, 3.63) is 54.3 Å². The molecule has 1 aliphatic rings. The molecule has 17 heavy (non-hydrogen) atoms. The summed E-state index contributed by atoms with van der Waals surface area (Å²) in [6.45, 7) is 2.33. The smallest absolute Gasteiger partial charge is 0.264 e. The number of rotatable bonds is 2. The fourth-order valence-electron chi connectivity index (χ4n) is 1.47. The molecule has 5 heteroatoms. The van der Waals surface area contributed by atoms with Crippen LogP contribution in [-0.2, 0) is 32.4 Å². The number of benzene rings is 1. The van der Waals surface area contributed by atoms with Gasteiger partial charge in [-0.1, -0.05) is 29.8 Å². The summed E-state index contributed by atoms with van der Waals surface area (Å²) in [6.07, 6.45) is 6.94. The zero-order chi connectivity index (χ0) is 11.6. The zero-order valence-electron chi connectivity index (χ0n) is 9.30. The molecule has 0 aliphatic carbocycles. The Morgan fingerprint density at radius 3 is 2.29 bits per heavy atom. The quantitative estimate of drug-likeness (QED) is 0.771. The molecule has 0 fully saturated rings. The van der Waals surface area contributed by atoms with E-state index in [1.165, 1.54) is 4.31 Å². The van der Waals surface area contributed by atoms with Gasteiger partial charge in [0.2, 0.25) is 0 Å². The number of hydrogen-bond donors (Lipinski definition) is 0. The fourth-order valence-corrected chi connectivity index (χ4v) is 2.74. The molecule has 0 bridgehead atoms. The van der Waals surface area contributed by atoms with Crippen LogP contribution in [-0.4, -0.2) is 19.3 Å². The minimum atomic E-state index is -3.38. The number of aryl methyl sites for hydroxylation is 1. The number of hydrogen-bond acceptors (Lipinski definition) is 2. The predicted molar refractivity (Wildman–Crippen MR) is 63.4 cm³/mol. The maximum Gasteiger partial charge on any atom is 0.264 e. The first-order valence-corrected chi connectivity index (χ1v) is 6.46. The van der Waals surface area contributed by atoms with Gasteiger partial charge in [-0.2, -0.15) is 0 Å². The molecular formula is C12H13AgNO2S. The van der Waals surface area contributed by atoms with E-state index in [-0.39, 0.29) is 22.4 Å². The van der Waals surface area contributed by atoms with Crippen LogP contribution >= 0.6 is 0 Å². The third kappa shape index (κ3) is 3.10. The summed E-state index contributed by atoms with van der Waals surface area (Å²) in [5.74, 6) is 0. The normalized spacial score (nSPS) is 14.5. The van der Waals surface area contributed by atoms with Gasteiger partial charge in [-0.25, -0.2) is 8.42 Å². The number of allylic oxidation sites excluding steroid dienone is 2. The van der Waals surface area contributed by atoms with E-state index < -0.39 is 10.0 Å². The van der Waals surface area contributed by atoms with Gasteiger partial charge in [-0.3, -0.25) is 4.31 Å². The van der Waals surface area contributed by atoms with Crippen molar-refractivity contribution in [2.24, 2.45) is 0 Å². The van der Waals surface area contributed by atoms with E-state index >= 15 is 0 Å². The van der Waals surface area contributed by atoms with E-state index in [0.717, 1.165) is 5.56 Å². The van der Waals surface area contributed by atoms with Crippen LogP contribution in [0.4, 0.5) is 0 Å².